The van der Waals surface area contributed by atoms with Crippen molar-refractivity contribution in [2.45, 2.75) is 38.9 Å². The minimum atomic E-state index is -4.35. The van der Waals surface area contributed by atoms with Crippen molar-refractivity contribution in [1.82, 2.24) is 10.2 Å². The van der Waals surface area contributed by atoms with Crippen molar-refractivity contribution < 1.29 is 18.0 Å². The zero-order valence-electron chi connectivity index (χ0n) is 9.47. The lowest BCUT2D eigenvalue weighted by Crippen LogP contribution is -2.47. The fraction of sp³-hybridized carbons (Fsp3) is 0.900. The van der Waals surface area contributed by atoms with Crippen molar-refractivity contribution in [3.05, 3.63) is 0 Å². The lowest BCUT2D eigenvalue weighted by Gasteiger charge is -2.27. The van der Waals surface area contributed by atoms with Gasteiger partial charge in [0, 0.05) is 12.6 Å². The van der Waals surface area contributed by atoms with Gasteiger partial charge in [0.15, 0.2) is 0 Å². The average molecular weight is 238 g/mol. The fourth-order valence-corrected chi connectivity index (χ4v) is 1.38. The van der Waals surface area contributed by atoms with Gasteiger partial charge in [-0.2, -0.15) is 13.2 Å². The highest BCUT2D eigenvalue weighted by Crippen LogP contribution is 2.30. The Labute approximate surface area is 93.0 Å². The largest absolute Gasteiger partial charge is 0.405 e. The Balaban J connectivity index is 2.40. The summed E-state index contributed by atoms with van der Waals surface area (Å²) in [5, 5.41) is 1.90. The van der Waals surface area contributed by atoms with Gasteiger partial charge in [0.25, 0.3) is 0 Å². The third-order valence-electron chi connectivity index (χ3n) is 2.48. The third-order valence-corrected chi connectivity index (χ3v) is 2.48. The molecule has 1 saturated carbocycles. The van der Waals surface area contributed by atoms with E-state index in [2.05, 4.69) is 0 Å². The molecule has 0 spiro atoms. The number of hydrogen-bond donors (Lipinski definition) is 1. The van der Waals surface area contributed by atoms with Crippen molar-refractivity contribution in [2.75, 3.05) is 13.1 Å². The molecule has 0 saturated heterocycles. The van der Waals surface area contributed by atoms with E-state index in [1.165, 1.54) is 4.90 Å². The average Bonchev–Trinajstić information content (AvgIpc) is 2.92. The van der Waals surface area contributed by atoms with Crippen molar-refractivity contribution in [3.63, 3.8) is 0 Å². The molecule has 1 rings (SSSR count). The highest BCUT2D eigenvalue weighted by molar-refractivity contribution is 5.74. The summed E-state index contributed by atoms with van der Waals surface area (Å²) >= 11 is 0. The molecule has 0 bridgehead atoms. The number of hydrogen-bond acceptors (Lipinski definition) is 1. The molecule has 1 fully saturated rings. The van der Waals surface area contributed by atoms with Gasteiger partial charge in [-0.15, -0.1) is 0 Å². The summed E-state index contributed by atoms with van der Waals surface area (Å²) in [6, 6.07) is -0.701. The van der Waals surface area contributed by atoms with Gasteiger partial charge in [-0.1, -0.05) is 0 Å². The van der Waals surface area contributed by atoms with Crippen LogP contribution in [0.15, 0.2) is 0 Å². The van der Waals surface area contributed by atoms with Crippen LogP contribution in [-0.4, -0.2) is 36.2 Å². The van der Waals surface area contributed by atoms with Gasteiger partial charge in [-0.25, -0.2) is 4.79 Å². The molecule has 0 aromatic heterocycles. The minimum Gasteiger partial charge on any atom is -0.329 e. The first kappa shape index (κ1) is 13.1. The van der Waals surface area contributed by atoms with Crippen LogP contribution in [0.3, 0.4) is 0 Å². The molecule has 94 valence electrons. The maximum Gasteiger partial charge on any atom is 0.405 e. The van der Waals surface area contributed by atoms with Crippen LogP contribution in [0.4, 0.5) is 18.0 Å². The predicted molar refractivity (Wildman–Crippen MR) is 54.0 cm³/mol. The first-order valence-corrected chi connectivity index (χ1v) is 5.41. The monoisotopic (exact) mass is 238 g/mol. The van der Waals surface area contributed by atoms with Crippen LogP contribution in [0, 0.1) is 5.92 Å². The second-order valence-electron chi connectivity index (χ2n) is 4.46. The van der Waals surface area contributed by atoms with E-state index in [1.54, 1.807) is 13.8 Å². The molecular weight excluding hydrogens is 221 g/mol. The van der Waals surface area contributed by atoms with E-state index < -0.39 is 18.8 Å². The Bertz CT molecular complexity index is 249. The normalized spacial score (nSPS) is 16.4. The molecule has 0 aromatic rings. The standard InChI is InChI=1S/C10H17F3N2O/c1-7(2)15(5-8-3-4-8)9(16)14-6-10(11,12)13/h7-8H,3-6H2,1-2H3,(H,14,16). The van der Waals surface area contributed by atoms with Crippen LogP contribution < -0.4 is 5.32 Å². The summed E-state index contributed by atoms with van der Waals surface area (Å²) in [5.41, 5.74) is 0. The Morgan fingerprint density at radius 3 is 2.38 bits per heavy atom. The lowest BCUT2D eigenvalue weighted by molar-refractivity contribution is -0.123. The molecule has 0 radical (unpaired) electrons. The van der Waals surface area contributed by atoms with Crippen LogP contribution in [0.1, 0.15) is 26.7 Å². The number of carbonyl (C=O) groups is 1. The Morgan fingerprint density at radius 1 is 1.44 bits per heavy atom. The maximum atomic E-state index is 11.9. The second kappa shape index (κ2) is 4.93. The van der Waals surface area contributed by atoms with Gasteiger partial charge < -0.3 is 10.2 Å². The third kappa shape index (κ3) is 4.72. The zero-order valence-corrected chi connectivity index (χ0v) is 9.47. The number of halogens is 3. The molecule has 1 N–H and O–H groups in total. The maximum absolute atomic E-state index is 11.9. The second-order valence-corrected chi connectivity index (χ2v) is 4.46. The predicted octanol–water partition coefficient (Wildman–Crippen LogP) is 2.38. The molecule has 16 heavy (non-hydrogen) atoms. The van der Waals surface area contributed by atoms with Gasteiger partial charge in [0.2, 0.25) is 0 Å². The van der Waals surface area contributed by atoms with Gasteiger partial charge in [-0.3, -0.25) is 0 Å². The van der Waals surface area contributed by atoms with E-state index in [9.17, 15) is 18.0 Å². The number of urea groups is 1. The van der Waals surface area contributed by atoms with Crippen molar-refractivity contribution >= 4 is 6.03 Å². The highest BCUT2D eigenvalue weighted by atomic mass is 19.4. The zero-order chi connectivity index (χ0) is 12.3. The Hall–Kier alpha value is -0.940. The molecule has 6 heteroatoms. The molecule has 0 atom stereocenters. The molecule has 1 aliphatic rings. The van der Waals surface area contributed by atoms with Gasteiger partial charge in [-0.05, 0) is 32.6 Å². The number of nitrogens with one attached hydrogen (secondary N) is 1. The van der Waals surface area contributed by atoms with E-state index in [0.29, 0.717) is 12.5 Å². The fourth-order valence-electron chi connectivity index (χ4n) is 1.38. The van der Waals surface area contributed by atoms with E-state index in [0.717, 1.165) is 12.8 Å². The molecule has 0 aliphatic heterocycles. The SMILES string of the molecule is CC(C)N(CC1CC1)C(=O)NCC(F)(F)F. The number of carbonyl (C=O) groups excluding carboxylic acids is 1. The first-order chi connectivity index (χ1) is 7.29. The molecule has 2 amide bonds. The molecule has 0 heterocycles. The summed E-state index contributed by atoms with van der Waals surface area (Å²) in [6.45, 7) is 2.90. The molecule has 3 nitrogen and oxygen atoms in total. The van der Waals surface area contributed by atoms with Crippen LogP contribution in [0.25, 0.3) is 0 Å². The van der Waals surface area contributed by atoms with Gasteiger partial charge in [0.05, 0.1) is 0 Å². The molecule has 0 aromatic carbocycles. The number of nitrogens with zero attached hydrogens (tertiary/aromatic N) is 1. The van der Waals surface area contributed by atoms with E-state index >= 15 is 0 Å². The summed E-state index contributed by atoms with van der Waals surface area (Å²) in [6.07, 6.45) is -2.22. The van der Waals surface area contributed by atoms with Gasteiger partial charge in [0.1, 0.15) is 6.54 Å². The van der Waals surface area contributed by atoms with E-state index in [1.807, 2.05) is 5.32 Å². The summed E-state index contributed by atoms with van der Waals surface area (Å²) in [5.74, 6) is 0.471. The van der Waals surface area contributed by atoms with Crippen LogP contribution in [0.5, 0.6) is 0 Å². The number of amides is 2. The van der Waals surface area contributed by atoms with E-state index in [-0.39, 0.29) is 6.04 Å². The summed E-state index contributed by atoms with van der Waals surface area (Å²) < 4.78 is 35.8. The molecular formula is C10H17F3N2O. The van der Waals surface area contributed by atoms with Crippen molar-refractivity contribution in [2.24, 2.45) is 5.92 Å². The highest BCUT2D eigenvalue weighted by Gasteiger charge is 2.31. The summed E-state index contributed by atoms with van der Waals surface area (Å²) in [4.78, 5) is 13.0. The topological polar surface area (TPSA) is 32.3 Å². The van der Waals surface area contributed by atoms with Crippen molar-refractivity contribution in [1.29, 1.82) is 0 Å². The summed E-state index contributed by atoms with van der Waals surface area (Å²) in [7, 11) is 0. The number of rotatable bonds is 4. The van der Waals surface area contributed by atoms with Gasteiger partial charge >= 0.3 is 12.2 Å². The van der Waals surface area contributed by atoms with Crippen LogP contribution in [0.2, 0.25) is 0 Å². The minimum absolute atomic E-state index is 0.0752. The quantitative estimate of drug-likeness (QED) is 0.801. The Kier molecular flexibility index (Phi) is 4.04. The molecule has 1 aliphatic carbocycles. The number of alkyl halides is 3. The first-order valence-electron chi connectivity index (χ1n) is 5.41. The van der Waals surface area contributed by atoms with Crippen molar-refractivity contribution in [3.8, 4) is 0 Å². The van der Waals surface area contributed by atoms with Crippen LogP contribution in [-0.2, 0) is 0 Å². The Morgan fingerprint density at radius 2 is 2.00 bits per heavy atom. The molecule has 0 unspecified atom stereocenters. The van der Waals surface area contributed by atoms with Crippen LogP contribution >= 0.6 is 0 Å². The lowest BCUT2D eigenvalue weighted by atomic mass is 10.3. The smallest absolute Gasteiger partial charge is 0.329 e. The van der Waals surface area contributed by atoms with E-state index in [4.69, 9.17) is 0 Å².